The average Bonchev–Trinajstić information content (AvgIpc) is 2.66. The van der Waals surface area contributed by atoms with Gasteiger partial charge < -0.3 is 10.4 Å². The van der Waals surface area contributed by atoms with Gasteiger partial charge in [0, 0.05) is 11.3 Å². The molecular weight excluding hydrogens is 368 g/mol. The predicted molar refractivity (Wildman–Crippen MR) is 101 cm³/mol. The lowest BCUT2D eigenvalue weighted by molar-refractivity contribution is -0.135. The molecule has 0 aliphatic rings. The van der Waals surface area contributed by atoms with E-state index in [1.807, 2.05) is 35.1 Å². The maximum Gasteiger partial charge on any atom is 0.318 e. The maximum absolute atomic E-state index is 12.6. The number of carbonyl (C=O) groups is 2. The van der Waals surface area contributed by atoms with Gasteiger partial charge in [0.15, 0.2) is 0 Å². The van der Waals surface area contributed by atoms with E-state index < -0.39 is 22.5 Å². The van der Waals surface area contributed by atoms with Gasteiger partial charge in [-0.1, -0.05) is 36.4 Å². The molecule has 7 nitrogen and oxygen atoms in total. The molecule has 0 bridgehead atoms. The first-order valence-corrected chi connectivity index (χ1v) is 9.46. The quantitative estimate of drug-likeness (QED) is 0.604. The first kappa shape index (κ1) is 18.6. The van der Waals surface area contributed by atoms with E-state index in [0.29, 0.717) is 11.3 Å². The van der Waals surface area contributed by atoms with Crippen molar-refractivity contribution in [2.45, 2.75) is 4.90 Å². The topological polar surface area (TPSA) is 113 Å². The van der Waals surface area contributed by atoms with Crippen LogP contribution in [0.15, 0.2) is 71.6 Å². The van der Waals surface area contributed by atoms with Gasteiger partial charge in [-0.25, -0.2) is 8.42 Å². The number of carboxylic acid groups (broad SMARTS) is 1. The molecule has 1 amide bonds. The molecule has 3 aromatic rings. The van der Waals surface area contributed by atoms with Crippen molar-refractivity contribution in [2.75, 3.05) is 11.9 Å². The van der Waals surface area contributed by atoms with Crippen molar-refractivity contribution in [3.05, 3.63) is 72.3 Å². The van der Waals surface area contributed by atoms with Crippen molar-refractivity contribution in [3.8, 4) is 0 Å². The number of rotatable bonds is 6. The molecule has 3 rings (SSSR count). The predicted octanol–water partition coefficient (Wildman–Crippen LogP) is 2.45. The number of carbonyl (C=O) groups excluding carboxylic acids is 1. The summed E-state index contributed by atoms with van der Waals surface area (Å²) in [7, 11) is -3.93. The summed E-state index contributed by atoms with van der Waals surface area (Å²) < 4.78 is 25.9. The lowest BCUT2D eigenvalue weighted by Gasteiger charge is -2.09. The molecule has 27 heavy (non-hydrogen) atoms. The fourth-order valence-corrected chi connectivity index (χ4v) is 3.55. The second-order valence-electron chi connectivity index (χ2n) is 5.72. The number of benzene rings is 3. The Morgan fingerprint density at radius 1 is 0.889 bits per heavy atom. The molecule has 0 unspecified atom stereocenters. The van der Waals surface area contributed by atoms with Crippen LogP contribution in [0.3, 0.4) is 0 Å². The molecular formula is C19H16N2O5S. The van der Waals surface area contributed by atoms with Crippen LogP contribution in [0.4, 0.5) is 5.69 Å². The smallest absolute Gasteiger partial charge is 0.318 e. The van der Waals surface area contributed by atoms with Crippen molar-refractivity contribution in [1.82, 2.24) is 4.72 Å². The van der Waals surface area contributed by atoms with Crippen LogP contribution < -0.4 is 10.0 Å². The molecule has 0 atom stereocenters. The lowest BCUT2D eigenvalue weighted by atomic mass is 10.0. The summed E-state index contributed by atoms with van der Waals surface area (Å²) in [5, 5.41) is 13.1. The van der Waals surface area contributed by atoms with Crippen LogP contribution in [0.1, 0.15) is 10.4 Å². The van der Waals surface area contributed by atoms with Crippen LogP contribution in [-0.2, 0) is 14.8 Å². The number of anilines is 1. The van der Waals surface area contributed by atoms with Crippen LogP contribution in [0, 0.1) is 0 Å². The highest BCUT2D eigenvalue weighted by Crippen LogP contribution is 2.20. The summed E-state index contributed by atoms with van der Waals surface area (Å²) in [6, 6.07) is 18.4. The van der Waals surface area contributed by atoms with E-state index in [0.717, 1.165) is 10.8 Å². The van der Waals surface area contributed by atoms with Gasteiger partial charge in [0.1, 0.15) is 6.54 Å². The van der Waals surface area contributed by atoms with E-state index in [1.165, 1.54) is 24.3 Å². The SMILES string of the molecule is O=C(O)CNS(=O)(=O)c1ccc(NC(=O)c2cccc3ccccc23)cc1. The van der Waals surface area contributed by atoms with E-state index in [1.54, 1.807) is 12.1 Å². The minimum atomic E-state index is -3.93. The van der Waals surface area contributed by atoms with Crippen molar-refractivity contribution in [1.29, 1.82) is 0 Å². The molecule has 0 saturated heterocycles. The molecule has 0 radical (unpaired) electrons. The van der Waals surface area contributed by atoms with Gasteiger partial charge in [-0.05, 0) is 41.1 Å². The van der Waals surface area contributed by atoms with Gasteiger partial charge in [0.25, 0.3) is 5.91 Å². The molecule has 0 aliphatic carbocycles. The number of hydrogen-bond acceptors (Lipinski definition) is 4. The number of hydrogen-bond donors (Lipinski definition) is 3. The second-order valence-corrected chi connectivity index (χ2v) is 7.49. The van der Waals surface area contributed by atoms with Gasteiger partial charge in [0.2, 0.25) is 10.0 Å². The zero-order valence-electron chi connectivity index (χ0n) is 14.0. The number of sulfonamides is 1. The Kier molecular flexibility index (Phi) is 5.20. The van der Waals surface area contributed by atoms with Crippen LogP contribution in [0.25, 0.3) is 10.8 Å². The molecule has 138 valence electrons. The van der Waals surface area contributed by atoms with E-state index in [9.17, 15) is 18.0 Å². The molecule has 0 heterocycles. The highest BCUT2D eigenvalue weighted by Gasteiger charge is 2.16. The Balaban J connectivity index is 1.78. The number of nitrogens with one attached hydrogen (secondary N) is 2. The van der Waals surface area contributed by atoms with Gasteiger partial charge in [0.05, 0.1) is 4.90 Å². The molecule has 0 spiro atoms. The number of fused-ring (bicyclic) bond motifs is 1. The van der Waals surface area contributed by atoms with Crippen molar-refractivity contribution < 1.29 is 23.1 Å². The Morgan fingerprint density at radius 2 is 1.56 bits per heavy atom. The monoisotopic (exact) mass is 384 g/mol. The summed E-state index contributed by atoms with van der Waals surface area (Å²) in [6.07, 6.45) is 0. The normalized spacial score (nSPS) is 11.3. The lowest BCUT2D eigenvalue weighted by Crippen LogP contribution is -2.29. The largest absolute Gasteiger partial charge is 0.480 e. The Morgan fingerprint density at radius 3 is 2.26 bits per heavy atom. The number of carboxylic acids is 1. The Hall–Kier alpha value is -3.23. The van der Waals surface area contributed by atoms with Gasteiger partial charge >= 0.3 is 5.97 Å². The fraction of sp³-hybridized carbons (Fsp3) is 0.0526. The van der Waals surface area contributed by atoms with Crippen molar-refractivity contribution in [2.24, 2.45) is 0 Å². The molecule has 0 saturated carbocycles. The highest BCUT2D eigenvalue weighted by molar-refractivity contribution is 7.89. The second kappa shape index (κ2) is 7.56. The van der Waals surface area contributed by atoms with Crippen molar-refractivity contribution >= 4 is 38.4 Å². The van der Waals surface area contributed by atoms with Crippen LogP contribution >= 0.6 is 0 Å². The average molecular weight is 384 g/mol. The van der Waals surface area contributed by atoms with E-state index in [-0.39, 0.29) is 10.8 Å². The van der Waals surface area contributed by atoms with Crippen molar-refractivity contribution in [3.63, 3.8) is 0 Å². The Bertz CT molecular complexity index is 1100. The zero-order valence-corrected chi connectivity index (χ0v) is 14.9. The first-order chi connectivity index (χ1) is 12.9. The summed E-state index contributed by atoms with van der Waals surface area (Å²) in [6.45, 7) is -0.706. The number of aliphatic carboxylic acids is 1. The summed E-state index contributed by atoms with van der Waals surface area (Å²) in [5.41, 5.74) is 0.929. The number of amides is 1. The van der Waals surface area contributed by atoms with Crippen LogP contribution in [-0.4, -0.2) is 31.9 Å². The highest BCUT2D eigenvalue weighted by atomic mass is 32.2. The Labute approximate surface area is 155 Å². The summed E-state index contributed by atoms with van der Waals surface area (Å²) >= 11 is 0. The third-order valence-electron chi connectivity index (χ3n) is 3.87. The minimum Gasteiger partial charge on any atom is -0.480 e. The molecule has 8 heteroatoms. The van der Waals surface area contributed by atoms with Crippen LogP contribution in [0.5, 0.6) is 0 Å². The molecule has 3 aromatic carbocycles. The van der Waals surface area contributed by atoms with E-state index in [2.05, 4.69) is 5.32 Å². The molecule has 0 aromatic heterocycles. The summed E-state index contributed by atoms with van der Waals surface area (Å²) in [5.74, 6) is -1.59. The molecule has 0 fully saturated rings. The third kappa shape index (κ3) is 4.30. The summed E-state index contributed by atoms with van der Waals surface area (Å²) in [4.78, 5) is 23.0. The standard InChI is InChI=1S/C19H16N2O5S/c22-18(23)12-20-27(25,26)15-10-8-14(9-11-15)21-19(24)17-7-3-5-13-4-1-2-6-16(13)17/h1-11,20H,12H2,(H,21,24)(H,22,23). The minimum absolute atomic E-state index is 0.0908. The molecule has 0 aliphatic heterocycles. The van der Waals surface area contributed by atoms with E-state index >= 15 is 0 Å². The fourth-order valence-electron chi connectivity index (χ4n) is 2.58. The van der Waals surface area contributed by atoms with Crippen LogP contribution in [0.2, 0.25) is 0 Å². The molecule has 3 N–H and O–H groups in total. The van der Waals surface area contributed by atoms with E-state index in [4.69, 9.17) is 5.11 Å². The maximum atomic E-state index is 12.6. The van der Waals surface area contributed by atoms with Gasteiger partial charge in [-0.2, -0.15) is 4.72 Å². The van der Waals surface area contributed by atoms with Gasteiger partial charge in [-0.15, -0.1) is 0 Å². The van der Waals surface area contributed by atoms with Gasteiger partial charge in [-0.3, -0.25) is 9.59 Å². The first-order valence-electron chi connectivity index (χ1n) is 7.97. The zero-order chi connectivity index (χ0) is 19.4. The third-order valence-corrected chi connectivity index (χ3v) is 5.29.